The van der Waals surface area contributed by atoms with Crippen LogP contribution in [0.15, 0.2) is 34.9 Å². The quantitative estimate of drug-likeness (QED) is 0.783. The summed E-state index contributed by atoms with van der Waals surface area (Å²) >= 11 is 0. The van der Waals surface area contributed by atoms with Gasteiger partial charge in [-0.25, -0.2) is 4.79 Å². The highest BCUT2D eigenvalue weighted by atomic mass is 16.6. The molecule has 0 aliphatic carbocycles. The minimum absolute atomic E-state index is 0.128. The fourth-order valence-corrected chi connectivity index (χ4v) is 2.91. The van der Waals surface area contributed by atoms with Crippen molar-refractivity contribution in [1.82, 2.24) is 5.32 Å². The van der Waals surface area contributed by atoms with Crippen LogP contribution in [0.4, 0.5) is 0 Å². The topological polar surface area (TPSA) is 87.0 Å². The van der Waals surface area contributed by atoms with E-state index in [0.717, 1.165) is 5.56 Å². The van der Waals surface area contributed by atoms with Crippen molar-refractivity contribution in [3.05, 3.63) is 47.4 Å². The van der Waals surface area contributed by atoms with Crippen LogP contribution in [0.25, 0.3) is 0 Å². The van der Waals surface area contributed by atoms with Gasteiger partial charge in [-0.3, -0.25) is 4.79 Å². The molecule has 0 saturated heterocycles. The van der Waals surface area contributed by atoms with E-state index in [4.69, 9.17) is 18.6 Å². The summed E-state index contributed by atoms with van der Waals surface area (Å²) in [6.45, 7) is 6.33. The van der Waals surface area contributed by atoms with E-state index in [1.165, 1.54) is 12.3 Å². The van der Waals surface area contributed by atoms with Gasteiger partial charge < -0.3 is 23.9 Å². The van der Waals surface area contributed by atoms with Crippen molar-refractivity contribution in [2.24, 2.45) is 5.92 Å². The van der Waals surface area contributed by atoms with Crippen molar-refractivity contribution >= 4 is 11.9 Å². The van der Waals surface area contributed by atoms with Crippen LogP contribution < -0.4 is 14.8 Å². The molecule has 3 rings (SSSR count). The SMILES string of the molecule is Cc1occc1C(=O)OCC(=O)N[C@H](c1ccc2c(c1)OCCO2)C(C)C. The molecule has 2 heterocycles. The van der Waals surface area contributed by atoms with E-state index in [2.05, 4.69) is 5.32 Å². The number of esters is 1. The molecule has 1 aliphatic heterocycles. The second kappa shape index (κ2) is 8.16. The number of nitrogens with one attached hydrogen (secondary N) is 1. The Morgan fingerprint density at radius 2 is 1.89 bits per heavy atom. The smallest absolute Gasteiger partial charge is 0.342 e. The highest BCUT2D eigenvalue weighted by Crippen LogP contribution is 2.34. The third kappa shape index (κ3) is 4.42. The lowest BCUT2D eigenvalue weighted by Gasteiger charge is -2.25. The Bertz CT molecular complexity index is 826. The number of amides is 1. The lowest BCUT2D eigenvalue weighted by Crippen LogP contribution is -2.35. The summed E-state index contributed by atoms with van der Waals surface area (Å²) in [6.07, 6.45) is 1.41. The summed E-state index contributed by atoms with van der Waals surface area (Å²) in [6, 6.07) is 6.89. The number of benzene rings is 1. The van der Waals surface area contributed by atoms with Gasteiger partial charge in [0.15, 0.2) is 18.1 Å². The van der Waals surface area contributed by atoms with Gasteiger partial charge in [0.1, 0.15) is 24.5 Å². The van der Waals surface area contributed by atoms with Crippen LogP contribution in [-0.2, 0) is 9.53 Å². The second-order valence-electron chi connectivity index (χ2n) is 6.66. The van der Waals surface area contributed by atoms with Crippen molar-refractivity contribution in [1.29, 1.82) is 0 Å². The zero-order valence-corrected chi connectivity index (χ0v) is 15.6. The monoisotopic (exact) mass is 373 g/mol. The number of carbonyl (C=O) groups excluding carboxylic acids is 2. The number of aryl methyl sites for hydroxylation is 1. The largest absolute Gasteiger partial charge is 0.486 e. The van der Waals surface area contributed by atoms with Crippen molar-refractivity contribution < 1.29 is 28.2 Å². The molecule has 0 saturated carbocycles. The summed E-state index contributed by atoms with van der Waals surface area (Å²) in [7, 11) is 0. The lowest BCUT2D eigenvalue weighted by atomic mass is 9.95. The maximum atomic E-state index is 12.3. The first-order valence-electron chi connectivity index (χ1n) is 8.86. The predicted molar refractivity (Wildman–Crippen MR) is 96.9 cm³/mol. The Morgan fingerprint density at radius 3 is 2.56 bits per heavy atom. The number of ether oxygens (including phenoxy) is 3. The molecule has 144 valence electrons. The molecule has 1 N–H and O–H groups in total. The van der Waals surface area contributed by atoms with Crippen molar-refractivity contribution in [3.8, 4) is 11.5 Å². The standard InChI is InChI=1S/C20H23NO6/c1-12(2)19(14-4-5-16-17(10-14)26-9-8-25-16)21-18(22)11-27-20(23)15-6-7-24-13(15)3/h4-7,10,12,19H,8-9,11H2,1-3H3,(H,21,22)/t19-/m0/s1. The van der Waals surface area contributed by atoms with E-state index in [1.807, 2.05) is 32.0 Å². The van der Waals surface area contributed by atoms with Gasteiger partial charge in [-0.2, -0.15) is 0 Å². The van der Waals surface area contributed by atoms with Crippen molar-refractivity contribution in [2.75, 3.05) is 19.8 Å². The molecule has 0 unspecified atom stereocenters. The summed E-state index contributed by atoms with van der Waals surface area (Å²) in [5.74, 6) is 0.985. The minimum atomic E-state index is -0.586. The van der Waals surface area contributed by atoms with E-state index in [9.17, 15) is 9.59 Å². The van der Waals surface area contributed by atoms with Crippen LogP contribution in [0.2, 0.25) is 0 Å². The van der Waals surface area contributed by atoms with Crippen LogP contribution in [-0.4, -0.2) is 31.7 Å². The highest BCUT2D eigenvalue weighted by molar-refractivity contribution is 5.92. The number of hydrogen-bond donors (Lipinski definition) is 1. The van der Waals surface area contributed by atoms with Gasteiger partial charge in [0.2, 0.25) is 0 Å². The first-order chi connectivity index (χ1) is 13.0. The number of hydrogen-bond acceptors (Lipinski definition) is 6. The van der Waals surface area contributed by atoms with Crippen LogP contribution >= 0.6 is 0 Å². The normalized spacial score (nSPS) is 13.9. The summed E-state index contributed by atoms with van der Waals surface area (Å²) in [5, 5.41) is 2.92. The van der Waals surface area contributed by atoms with Gasteiger partial charge in [-0.1, -0.05) is 19.9 Å². The molecule has 1 aromatic heterocycles. The number of fused-ring (bicyclic) bond motifs is 1. The van der Waals surface area contributed by atoms with E-state index >= 15 is 0 Å². The average Bonchev–Trinajstić information content (AvgIpc) is 3.09. The molecule has 7 heteroatoms. The third-order valence-corrected chi connectivity index (χ3v) is 4.32. The van der Waals surface area contributed by atoms with E-state index in [0.29, 0.717) is 36.0 Å². The Kier molecular flexibility index (Phi) is 5.69. The molecule has 1 aliphatic rings. The first kappa shape index (κ1) is 18.8. The third-order valence-electron chi connectivity index (χ3n) is 4.32. The Hall–Kier alpha value is -2.96. The first-order valence-corrected chi connectivity index (χ1v) is 8.86. The molecule has 0 spiro atoms. The minimum Gasteiger partial charge on any atom is -0.486 e. The summed E-state index contributed by atoms with van der Waals surface area (Å²) in [5.41, 5.74) is 1.22. The van der Waals surface area contributed by atoms with E-state index in [-0.39, 0.29) is 24.5 Å². The summed E-state index contributed by atoms with van der Waals surface area (Å²) < 4.78 is 21.3. The molecule has 7 nitrogen and oxygen atoms in total. The van der Waals surface area contributed by atoms with Gasteiger partial charge >= 0.3 is 5.97 Å². The number of rotatable bonds is 6. The molecule has 0 bridgehead atoms. The van der Waals surface area contributed by atoms with Gasteiger partial charge in [0.05, 0.1) is 12.3 Å². The molecule has 27 heavy (non-hydrogen) atoms. The van der Waals surface area contributed by atoms with Crippen LogP contribution in [0.3, 0.4) is 0 Å². The summed E-state index contributed by atoms with van der Waals surface area (Å²) in [4.78, 5) is 24.3. The molecular weight excluding hydrogens is 350 g/mol. The zero-order valence-electron chi connectivity index (χ0n) is 15.6. The highest BCUT2D eigenvalue weighted by Gasteiger charge is 2.22. The molecule has 1 amide bonds. The van der Waals surface area contributed by atoms with Gasteiger partial charge in [-0.05, 0) is 36.6 Å². The van der Waals surface area contributed by atoms with Crippen molar-refractivity contribution in [2.45, 2.75) is 26.8 Å². The molecule has 0 radical (unpaired) electrons. The lowest BCUT2D eigenvalue weighted by molar-refractivity contribution is -0.125. The van der Waals surface area contributed by atoms with Gasteiger partial charge in [0.25, 0.3) is 5.91 Å². The van der Waals surface area contributed by atoms with Crippen LogP contribution in [0.1, 0.15) is 41.6 Å². The molecule has 0 fully saturated rings. The van der Waals surface area contributed by atoms with Crippen molar-refractivity contribution in [3.63, 3.8) is 0 Å². The fourth-order valence-electron chi connectivity index (χ4n) is 2.91. The van der Waals surface area contributed by atoms with Crippen LogP contribution in [0, 0.1) is 12.8 Å². The van der Waals surface area contributed by atoms with Gasteiger partial charge in [0, 0.05) is 0 Å². The average molecular weight is 373 g/mol. The van der Waals surface area contributed by atoms with Crippen LogP contribution in [0.5, 0.6) is 11.5 Å². The number of furan rings is 1. The van der Waals surface area contributed by atoms with Gasteiger partial charge in [-0.15, -0.1) is 0 Å². The predicted octanol–water partition coefficient (Wildman–Crippen LogP) is 3.03. The molecule has 2 aromatic rings. The Morgan fingerprint density at radius 1 is 1.15 bits per heavy atom. The molecule has 1 aromatic carbocycles. The zero-order chi connectivity index (χ0) is 19.4. The van der Waals surface area contributed by atoms with E-state index in [1.54, 1.807) is 6.92 Å². The van der Waals surface area contributed by atoms with E-state index < -0.39 is 5.97 Å². The Balaban J connectivity index is 1.63. The molecule has 1 atom stereocenters. The number of carbonyl (C=O) groups is 2. The fraction of sp³-hybridized carbons (Fsp3) is 0.400. The maximum absolute atomic E-state index is 12.3. The maximum Gasteiger partial charge on any atom is 0.342 e. The Labute approximate surface area is 157 Å². The second-order valence-corrected chi connectivity index (χ2v) is 6.66. The molecular formula is C20H23NO6.